The first kappa shape index (κ1) is 16.2. The van der Waals surface area contributed by atoms with Crippen LogP contribution in [0.2, 0.25) is 10.0 Å². The number of halogens is 4. The van der Waals surface area contributed by atoms with Crippen molar-refractivity contribution in [1.82, 2.24) is 0 Å². The number of rotatable bonds is 4. The van der Waals surface area contributed by atoms with E-state index in [0.29, 0.717) is 27.1 Å². The second kappa shape index (κ2) is 6.73. The molecule has 6 heteroatoms. The van der Waals surface area contributed by atoms with Crippen molar-refractivity contribution >= 4 is 34.8 Å². The molecule has 0 aliphatic heterocycles. The average molecular weight is 350 g/mol. The Bertz CT molecular complexity index is 662. The van der Waals surface area contributed by atoms with Gasteiger partial charge in [-0.3, -0.25) is 0 Å². The van der Waals surface area contributed by atoms with Gasteiger partial charge in [0.1, 0.15) is 5.82 Å². The highest BCUT2D eigenvalue weighted by Gasteiger charge is 2.21. The Morgan fingerprint density at radius 3 is 2.14 bits per heavy atom. The fraction of sp³-hybridized carbons (Fsp3) is 0.200. The Hall–Kier alpha value is -1.16. The molecular weight excluding hydrogens is 338 g/mol. The molecular formula is C15H12Cl3FO2. The Morgan fingerprint density at radius 2 is 1.57 bits per heavy atom. The van der Waals surface area contributed by atoms with Crippen LogP contribution in [0, 0.1) is 5.82 Å². The van der Waals surface area contributed by atoms with Gasteiger partial charge in [-0.1, -0.05) is 29.3 Å². The monoisotopic (exact) mass is 348 g/mol. The molecule has 2 rings (SSSR count). The normalized spacial score (nSPS) is 12.1. The highest BCUT2D eigenvalue weighted by atomic mass is 35.5. The van der Waals surface area contributed by atoms with Gasteiger partial charge in [0.25, 0.3) is 0 Å². The van der Waals surface area contributed by atoms with Gasteiger partial charge in [0.15, 0.2) is 11.5 Å². The predicted molar refractivity (Wildman–Crippen MR) is 83.7 cm³/mol. The van der Waals surface area contributed by atoms with Gasteiger partial charge in [-0.2, -0.15) is 0 Å². The third kappa shape index (κ3) is 3.37. The van der Waals surface area contributed by atoms with Crippen LogP contribution in [0.4, 0.5) is 4.39 Å². The summed E-state index contributed by atoms with van der Waals surface area (Å²) in [5.41, 5.74) is 0.812. The molecule has 2 nitrogen and oxygen atoms in total. The zero-order chi connectivity index (χ0) is 15.6. The van der Waals surface area contributed by atoms with Crippen molar-refractivity contribution in [3.05, 3.63) is 57.3 Å². The summed E-state index contributed by atoms with van der Waals surface area (Å²) in [7, 11) is 2.91. The molecule has 21 heavy (non-hydrogen) atoms. The van der Waals surface area contributed by atoms with Gasteiger partial charge in [0.05, 0.1) is 19.6 Å². The molecule has 112 valence electrons. The molecule has 0 spiro atoms. The molecule has 1 atom stereocenters. The van der Waals surface area contributed by atoms with Gasteiger partial charge < -0.3 is 9.47 Å². The van der Waals surface area contributed by atoms with E-state index in [4.69, 9.17) is 44.3 Å². The van der Waals surface area contributed by atoms with E-state index in [1.54, 1.807) is 18.2 Å². The molecule has 0 amide bonds. The summed E-state index contributed by atoms with van der Waals surface area (Å²) in [5.74, 6) is 0.188. The van der Waals surface area contributed by atoms with E-state index in [2.05, 4.69) is 0 Å². The van der Waals surface area contributed by atoms with Crippen molar-refractivity contribution in [2.75, 3.05) is 14.2 Å². The Kier molecular flexibility index (Phi) is 5.20. The van der Waals surface area contributed by atoms with E-state index in [9.17, 15) is 4.39 Å². The lowest BCUT2D eigenvalue weighted by molar-refractivity contribution is 0.351. The summed E-state index contributed by atoms with van der Waals surface area (Å²) in [6.45, 7) is 0. The number of benzene rings is 2. The van der Waals surface area contributed by atoms with Crippen molar-refractivity contribution in [2.24, 2.45) is 0 Å². The number of hydrogen-bond acceptors (Lipinski definition) is 2. The average Bonchev–Trinajstić information content (AvgIpc) is 2.46. The van der Waals surface area contributed by atoms with E-state index >= 15 is 0 Å². The summed E-state index contributed by atoms with van der Waals surface area (Å²) >= 11 is 18.3. The molecule has 0 bridgehead atoms. The van der Waals surface area contributed by atoms with Crippen LogP contribution >= 0.6 is 34.8 Å². The summed E-state index contributed by atoms with van der Waals surface area (Å²) in [5, 5.41) is 0.0895. The maximum absolute atomic E-state index is 14.2. The first-order chi connectivity index (χ1) is 9.97. The quantitative estimate of drug-likeness (QED) is 0.681. The Morgan fingerprint density at radius 1 is 0.952 bits per heavy atom. The molecule has 0 aliphatic rings. The molecule has 0 radical (unpaired) electrons. The zero-order valence-corrected chi connectivity index (χ0v) is 13.6. The van der Waals surface area contributed by atoms with Gasteiger partial charge in [-0.05, 0) is 23.8 Å². The van der Waals surface area contributed by atoms with E-state index < -0.39 is 11.2 Å². The molecule has 0 N–H and O–H groups in total. The summed E-state index contributed by atoms with van der Waals surface area (Å²) < 4.78 is 24.4. The SMILES string of the molecule is COc1cc(F)c(C(Cl)c2ccc(Cl)cc2Cl)cc1OC. The van der Waals surface area contributed by atoms with Crippen molar-refractivity contribution in [3.63, 3.8) is 0 Å². The maximum atomic E-state index is 14.2. The standard InChI is InChI=1S/C15H12Cl3FO2/c1-20-13-6-10(12(19)7-14(13)21-2)15(18)9-4-3-8(16)5-11(9)17/h3-7,15H,1-2H3. The second-order valence-corrected chi connectivity index (χ2v) is 5.54. The molecule has 1 unspecified atom stereocenters. The first-order valence-corrected chi connectivity index (χ1v) is 7.17. The van der Waals surface area contributed by atoms with Crippen LogP contribution in [-0.4, -0.2) is 14.2 Å². The fourth-order valence-electron chi connectivity index (χ4n) is 1.94. The first-order valence-electron chi connectivity index (χ1n) is 5.98. The van der Waals surface area contributed by atoms with E-state index in [1.165, 1.54) is 26.4 Å². The topological polar surface area (TPSA) is 18.5 Å². The Labute approximate surface area is 137 Å². The Balaban J connectivity index is 2.50. The highest BCUT2D eigenvalue weighted by molar-refractivity contribution is 6.36. The van der Waals surface area contributed by atoms with Crippen LogP contribution in [0.15, 0.2) is 30.3 Å². The lowest BCUT2D eigenvalue weighted by Gasteiger charge is -2.16. The van der Waals surface area contributed by atoms with E-state index in [0.717, 1.165) is 0 Å². The number of methoxy groups -OCH3 is 2. The van der Waals surface area contributed by atoms with Crippen molar-refractivity contribution in [3.8, 4) is 11.5 Å². The van der Waals surface area contributed by atoms with Gasteiger partial charge in [0.2, 0.25) is 0 Å². The molecule has 0 heterocycles. The lowest BCUT2D eigenvalue weighted by atomic mass is 10.0. The van der Waals surface area contributed by atoms with E-state index in [-0.39, 0.29) is 5.56 Å². The van der Waals surface area contributed by atoms with Crippen LogP contribution in [0.5, 0.6) is 11.5 Å². The van der Waals surface area contributed by atoms with Crippen molar-refractivity contribution in [1.29, 1.82) is 0 Å². The minimum atomic E-state index is -0.769. The number of hydrogen-bond donors (Lipinski definition) is 0. The molecule has 0 saturated carbocycles. The minimum absolute atomic E-state index is 0.249. The van der Waals surface area contributed by atoms with Gasteiger partial charge in [-0.15, -0.1) is 11.6 Å². The van der Waals surface area contributed by atoms with Crippen molar-refractivity contribution in [2.45, 2.75) is 5.38 Å². The third-order valence-electron chi connectivity index (χ3n) is 3.01. The predicted octanol–water partition coefficient (Wildman–Crippen LogP) is 5.48. The molecule has 0 saturated heterocycles. The van der Waals surface area contributed by atoms with Crippen LogP contribution in [-0.2, 0) is 0 Å². The number of ether oxygens (including phenoxy) is 2. The van der Waals surface area contributed by atoms with Crippen molar-refractivity contribution < 1.29 is 13.9 Å². The van der Waals surface area contributed by atoms with Crippen LogP contribution in [0.1, 0.15) is 16.5 Å². The molecule has 0 aliphatic carbocycles. The lowest BCUT2D eigenvalue weighted by Crippen LogP contribution is -2.01. The smallest absolute Gasteiger partial charge is 0.163 e. The highest BCUT2D eigenvalue weighted by Crippen LogP contribution is 2.40. The summed E-state index contributed by atoms with van der Waals surface area (Å²) in [4.78, 5) is 0. The van der Waals surface area contributed by atoms with Gasteiger partial charge in [-0.25, -0.2) is 4.39 Å². The molecule has 0 fully saturated rings. The van der Waals surface area contributed by atoms with Gasteiger partial charge in [0, 0.05) is 21.7 Å². The summed E-state index contributed by atoms with van der Waals surface area (Å²) in [6, 6.07) is 7.60. The maximum Gasteiger partial charge on any atom is 0.163 e. The van der Waals surface area contributed by atoms with Crippen LogP contribution in [0.25, 0.3) is 0 Å². The third-order valence-corrected chi connectivity index (χ3v) is 4.04. The van der Waals surface area contributed by atoms with Crippen LogP contribution < -0.4 is 9.47 Å². The minimum Gasteiger partial charge on any atom is -0.493 e. The van der Waals surface area contributed by atoms with Crippen LogP contribution in [0.3, 0.4) is 0 Å². The summed E-state index contributed by atoms with van der Waals surface area (Å²) in [6.07, 6.45) is 0. The fourth-order valence-corrected chi connectivity index (χ4v) is 2.87. The number of alkyl halides is 1. The second-order valence-electron chi connectivity index (χ2n) is 4.26. The van der Waals surface area contributed by atoms with E-state index in [1.807, 2.05) is 0 Å². The molecule has 2 aromatic rings. The molecule has 0 aromatic heterocycles. The molecule has 2 aromatic carbocycles. The zero-order valence-electron chi connectivity index (χ0n) is 11.3. The largest absolute Gasteiger partial charge is 0.493 e. The van der Waals surface area contributed by atoms with Gasteiger partial charge >= 0.3 is 0 Å².